The van der Waals surface area contributed by atoms with E-state index in [0.29, 0.717) is 23.5 Å². The molecule has 0 heterocycles. The Labute approximate surface area is 107 Å². The first-order valence-corrected chi connectivity index (χ1v) is 6.02. The van der Waals surface area contributed by atoms with Crippen molar-refractivity contribution in [1.29, 1.82) is 0 Å². The fraction of sp³-hybridized carbons (Fsp3) is 0.385. The van der Waals surface area contributed by atoms with Gasteiger partial charge in [-0.1, -0.05) is 36.7 Å². The molecule has 5 nitrogen and oxygen atoms in total. The fourth-order valence-corrected chi connectivity index (χ4v) is 1.51. The molecule has 0 radical (unpaired) electrons. The van der Waals surface area contributed by atoms with E-state index in [-0.39, 0.29) is 6.03 Å². The third-order valence-electron chi connectivity index (χ3n) is 2.53. The predicted molar refractivity (Wildman–Crippen MR) is 72.4 cm³/mol. The van der Waals surface area contributed by atoms with Crippen molar-refractivity contribution in [2.45, 2.75) is 26.7 Å². The van der Waals surface area contributed by atoms with Gasteiger partial charge in [-0.25, -0.2) is 4.79 Å². The Hall–Kier alpha value is -2.04. The average Bonchev–Trinajstić information content (AvgIpc) is 2.39. The summed E-state index contributed by atoms with van der Waals surface area (Å²) in [6.07, 6.45) is 1.99. The summed E-state index contributed by atoms with van der Waals surface area (Å²) in [7, 11) is 0. The minimum absolute atomic E-state index is 0.248. The lowest BCUT2D eigenvalue weighted by Crippen LogP contribution is -2.30. The molecule has 0 aliphatic heterocycles. The number of hydrogen-bond donors (Lipinski definition) is 3. The standard InChI is InChI=1S/C13H19N3O2/c1-3-4-9-14-13(17)15-12-8-6-5-7-11(12)10(2)16-18/h5-8,18H,3-4,9H2,1-2H3,(H2,14,15,17)/b16-10+. The number of urea groups is 1. The molecule has 2 amide bonds. The van der Waals surface area contributed by atoms with Gasteiger partial charge in [-0.3, -0.25) is 0 Å². The Balaban J connectivity index is 2.69. The highest BCUT2D eigenvalue weighted by Crippen LogP contribution is 2.15. The second-order valence-electron chi connectivity index (χ2n) is 3.97. The molecule has 0 fully saturated rings. The summed E-state index contributed by atoms with van der Waals surface area (Å²) in [5.41, 5.74) is 1.78. The summed E-state index contributed by atoms with van der Waals surface area (Å²) in [5, 5.41) is 17.4. The second-order valence-corrected chi connectivity index (χ2v) is 3.97. The van der Waals surface area contributed by atoms with Crippen molar-refractivity contribution in [2.75, 3.05) is 11.9 Å². The Morgan fingerprint density at radius 3 is 2.78 bits per heavy atom. The Morgan fingerprint density at radius 2 is 2.11 bits per heavy atom. The molecule has 0 aromatic heterocycles. The number of para-hydroxylation sites is 1. The highest BCUT2D eigenvalue weighted by molar-refractivity contribution is 6.05. The van der Waals surface area contributed by atoms with E-state index in [2.05, 4.69) is 22.7 Å². The highest BCUT2D eigenvalue weighted by Gasteiger charge is 2.08. The van der Waals surface area contributed by atoms with Gasteiger partial charge >= 0.3 is 6.03 Å². The Bertz CT molecular complexity index is 430. The molecule has 0 aliphatic rings. The lowest BCUT2D eigenvalue weighted by Gasteiger charge is -2.10. The van der Waals surface area contributed by atoms with E-state index in [1.807, 2.05) is 12.1 Å². The van der Waals surface area contributed by atoms with Crippen LogP contribution in [0, 0.1) is 0 Å². The van der Waals surface area contributed by atoms with Crippen LogP contribution in [-0.4, -0.2) is 23.5 Å². The normalized spacial score (nSPS) is 11.1. The van der Waals surface area contributed by atoms with E-state index >= 15 is 0 Å². The molecule has 18 heavy (non-hydrogen) atoms. The van der Waals surface area contributed by atoms with Crippen molar-refractivity contribution in [3.8, 4) is 0 Å². The number of carbonyl (C=O) groups excluding carboxylic acids is 1. The number of hydrogen-bond acceptors (Lipinski definition) is 3. The first-order chi connectivity index (χ1) is 8.69. The van der Waals surface area contributed by atoms with Crippen LogP contribution in [0.3, 0.4) is 0 Å². The molecule has 98 valence electrons. The summed E-state index contributed by atoms with van der Waals surface area (Å²) in [5.74, 6) is 0. The summed E-state index contributed by atoms with van der Waals surface area (Å²) in [4.78, 5) is 11.6. The van der Waals surface area contributed by atoms with Crippen LogP contribution in [0.15, 0.2) is 29.4 Å². The van der Waals surface area contributed by atoms with Crippen LogP contribution in [0.25, 0.3) is 0 Å². The first-order valence-electron chi connectivity index (χ1n) is 6.02. The lowest BCUT2D eigenvalue weighted by molar-refractivity contribution is 0.252. The highest BCUT2D eigenvalue weighted by atomic mass is 16.4. The number of carbonyl (C=O) groups is 1. The average molecular weight is 249 g/mol. The van der Waals surface area contributed by atoms with Gasteiger partial charge in [-0.2, -0.15) is 0 Å². The molecular formula is C13H19N3O2. The molecule has 1 rings (SSSR count). The smallest absolute Gasteiger partial charge is 0.319 e. The van der Waals surface area contributed by atoms with Crippen LogP contribution < -0.4 is 10.6 Å². The van der Waals surface area contributed by atoms with Gasteiger partial charge in [0.05, 0.1) is 11.4 Å². The Kier molecular flexibility index (Phi) is 5.70. The van der Waals surface area contributed by atoms with Crippen LogP contribution in [0.1, 0.15) is 32.3 Å². The maximum Gasteiger partial charge on any atom is 0.319 e. The van der Waals surface area contributed by atoms with E-state index in [9.17, 15) is 4.79 Å². The minimum atomic E-state index is -0.248. The molecule has 0 saturated heterocycles. The van der Waals surface area contributed by atoms with Gasteiger partial charge < -0.3 is 15.8 Å². The van der Waals surface area contributed by atoms with Crippen molar-refractivity contribution in [3.63, 3.8) is 0 Å². The molecule has 0 aliphatic carbocycles. The third-order valence-corrected chi connectivity index (χ3v) is 2.53. The van der Waals surface area contributed by atoms with Gasteiger partial charge in [0.1, 0.15) is 0 Å². The maximum absolute atomic E-state index is 11.6. The summed E-state index contributed by atoms with van der Waals surface area (Å²) >= 11 is 0. The van der Waals surface area contributed by atoms with E-state index < -0.39 is 0 Å². The molecule has 1 aromatic carbocycles. The maximum atomic E-state index is 11.6. The molecular weight excluding hydrogens is 230 g/mol. The van der Waals surface area contributed by atoms with Gasteiger partial charge in [0.15, 0.2) is 0 Å². The van der Waals surface area contributed by atoms with E-state index in [1.165, 1.54) is 0 Å². The molecule has 0 saturated carbocycles. The zero-order valence-electron chi connectivity index (χ0n) is 10.7. The topological polar surface area (TPSA) is 73.7 Å². The number of anilines is 1. The van der Waals surface area contributed by atoms with Crippen molar-refractivity contribution < 1.29 is 10.0 Å². The monoisotopic (exact) mass is 249 g/mol. The predicted octanol–water partition coefficient (Wildman–Crippen LogP) is 2.81. The van der Waals surface area contributed by atoms with E-state index in [1.54, 1.807) is 19.1 Å². The quantitative estimate of drug-likeness (QED) is 0.325. The molecule has 0 atom stereocenters. The number of unbranched alkanes of at least 4 members (excludes halogenated alkanes) is 1. The van der Waals surface area contributed by atoms with Crippen LogP contribution in [0.2, 0.25) is 0 Å². The SMILES string of the molecule is CCCCNC(=O)Nc1ccccc1/C(C)=N/O. The fourth-order valence-electron chi connectivity index (χ4n) is 1.51. The summed E-state index contributed by atoms with van der Waals surface area (Å²) < 4.78 is 0. The van der Waals surface area contributed by atoms with Gasteiger partial charge in [-0.05, 0) is 19.4 Å². The first kappa shape index (κ1) is 14.0. The number of nitrogens with one attached hydrogen (secondary N) is 2. The van der Waals surface area contributed by atoms with Crippen LogP contribution in [-0.2, 0) is 0 Å². The van der Waals surface area contributed by atoms with Crippen molar-refractivity contribution in [2.24, 2.45) is 5.16 Å². The third kappa shape index (κ3) is 4.08. The van der Waals surface area contributed by atoms with E-state index in [4.69, 9.17) is 5.21 Å². The number of nitrogens with zero attached hydrogens (tertiary/aromatic N) is 1. The largest absolute Gasteiger partial charge is 0.411 e. The van der Waals surface area contributed by atoms with Crippen molar-refractivity contribution in [1.82, 2.24) is 5.32 Å². The molecule has 0 spiro atoms. The lowest BCUT2D eigenvalue weighted by atomic mass is 10.1. The van der Waals surface area contributed by atoms with Crippen LogP contribution in [0.5, 0.6) is 0 Å². The van der Waals surface area contributed by atoms with Gasteiger partial charge in [0.25, 0.3) is 0 Å². The Morgan fingerprint density at radius 1 is 1.39 bits per heavy atom. The van der Waals surface area contributed by atoms with Crippen molar-refractivity contribution in [3.05, 3.63) is 29.8 Å². The van der Waals surface area contributed by atoms with E-state index in [0.717, 1.165) is 12.8 Å². The summed E-state index contributed by atoms with van der Waals surface area (Å²) in [6.45, 7) is 4.39. The molecule has 3 N–H and O–H groups in total. The van der Waals surface area contributed by atoms with Crippen LogP contribution >= 0.6 is 0 Å². The van der Waals surface area contributed by atoms with Gasteiger partial charge in [0.2, 0.25) is 0 Å². The zero-order valence-corrected chi connectivity index (χ0v) is 10.7. The molecule has 0 unspecified atom stereocenters. The number of amides is 2. The molecule has 0 bridgehead atoms. The number of rotatable bonds is 5. The van der Waals surface area contributed by atoms with Crippen LogP contribution in [0.4, 0.5) is 10.5 Å². The molecule has 5 heteroatoms. The van der Waals surface area contributed by atoms with Gasteiger partial charge in [0, 0.05) is 12.1 Å². The zero-order chi connectivity index (χ0) is 13.4. The summed E-state index contributed by atoms with van der Waals surface area (Å²) in [6, 6.07) is 6.95. The second kappa shape index (κ2) is 7.32. The minimum Gasteiger partial charge on any atom is -0.411 e. The number of benzene rings is 1. The van der Waals surface area contributed by atoms with Gasteiger partial charge in [-0.15, -0.1) is 0 Å². The van der Waals surface area contributed by atoms with Crippen molar-refractivity contribution >= 4 is 17.4 Å². The number of oxime groups is 1. The molecule has 1 aromatic rings.